The number of amides is 4. The number of carbonyl (C=O) groups excluding carboxylic acids is 3. The van der Waals surface area contributed by atoms with Gasteiger partial charge in [0.05, 0.1) is 5.69 Å². The minimum Gasteiger partial charge on any atom is -0.322 e. The molecule has 27 heavy (non-hydrogen) atoms. The summed E-state index contributed by atoms with van der Waals surface area (Å²) in [6, 6.07) is 6.99. The summed E-state index contributed by atoms with van der Waals surface area (Å²) in [5, 5.41) is 4.46. The summed E-state index contributed by atoms with van der Waals surface area (Å²) in [7, 11) is 0. The highest BCUT2D eigenvalue weighted by Crippen LogP contribution is 2.30. The molecule has 0 bridgehead atoms. The van der Waals surface area contributed by atoms with Crippen LogP contribution >= 0.6 is 0 Å². The lowest BCUT2D eigenvalue weighted by atomic mass is 9.91. The fourth-order valence-corrected chi connectivity index (χ4v) is 2.82. The van der Waals surface area contributed by atoms with Crippen molar-refractivity contribution in [2.75, 3.05) is 11.9 Å². The first-order chi connectivity index (χ1) is 12.7. The van der Waals surface area contributed by atoms with Crippen molar-refractivity contribution in [3.05, 3.63) is 65.5 Å². The Bertz CT molecular complexity index is 950. The summed E-state index contributed by atoms with van der Waals surface area (Å²) in [4.78, 5) is 37.5. The van der Waals surface area contributed by atoms with E-state index in [2.05, 4.69) is 10.6 Å². The molecule has 3 rings (SSSR count). The van der Waals surface area contributed by atoms with E-state index in [4.69, 9.17) is 0 Å². The average Bonchev–Trinajstić information content (AvgIpc) is 2.82. The number of rotatable bonds is 4. The minimum absolute atomic E-state index is 0.0533. The van der Waals surface area contributed by atoms with Crippen molar-refractivity contribution in [1.29, 1.82) is 0 Å². The van der Waals surface area contributed by atoms with Crippen molar-refractivity contribution in [3.8, 4) is 0 Å². The highest BCUT2D eigenvalue weighted by atomic mass is 19.1. The fraction of sp³-hybridized carbons (Fsp3) is 0.167. The Labute approximate surface area is 152 Å². The average molecular weight is 377 g/mol. The zero-order chi connectivity index (χ0) is 19.8. The maximum Gasteiger partial charge on any atom is 0.325 e. The van der Waals surface area contributed by atoms with E-state index >= 15 is 0 Å². The van der Waals surface area contributed by atoms with Crippen LogP contribution in [0.3, 0.4) is 0 Å². The molecule has 0 saturated carbocycles. The third kappa shape index (κ3) is 3.35. The van der Waals surface area contributed by atoms with Gasteiger partial charge in [-0.15, -0.1) is 0 Å². The first-order valence-corrected chi connectivity index (χ1v) is 7.86. The predicted octanol–water partition coefficient (Wildman–Crippen LogP) is 2.51. The highest BCUT2D eigenvalue weighted by Gasteiger charge is 2.50. The Morgan fingerprint density at radius 1 is 1.11 bits per heavy atom. The van der Waals surface area contributed by atoms with E-state index in [1.165, 1.54) is 25.1 Å². The fourth-order valence-electron chi connectivity index (χ4n) is 2.82. The quantitative estimate of drug-likeness (QED) is 0.804. The molecule has 0 spiro atoms. The van der Waals surface area contributed by atoms with E-state index < -0.39 is 53.1 Å². The van der Waals surface area contributed by atoms with Crippen molar-refractivity contribution in [3.63, 3.8) is 0 Å². The summed E-state index contributed by atoms with van der Waals surface area (Å²) < 4.78 is 40.8. The van der Waals surface area contributed by atoms with Gasteiger partial charge in [0.25, 0.3) is 5.91 Å². The summed E-state index contributed by atoms with van der Waals surface area (Å²) in [6.07, 6.45) is 0. The Hall–Kier alpha value is -3.36. The van der Waals surface area contributed by atoms with E-state index in [9.17, 15) is 27.6 Å². The van der Waals surface area contributed by atoms with E-state index in [-0.39, 0.29) is 5.56 Å². The van der Waals surface area contributed by atoms with Crippen LogP contribution in [0.4, 0.5) is 23.7 Å². The molecule has 1 aliphatic heterocycles. The van der Waals surface area contributed by atoms with Gasteiger partial charge in [-0.25, -0.2) is 18.0 Å². The van der Waals surface area contributed by atoms with Gasteiger partial charge in [-0.1, -0.05) is 18.2 Å². The van der Waals surface area contributed by atoms with Gasteiger partial charge in [-0.2, -0.15) is 0 Å². The molecular weight excluding hydrogens is 363 g/mol. The summed E-state index contributed by atoms with van der Waals surface area (Å²) in [6.45, 7) is 0.570. The number of anilines is 1. The topological polar surface area (TPSA) is 78.5 Å². The van der Waals surface area contributed by atoms with E-state index in [0.29, 0.717) is 4.90 Å². The van der Waals surface area contributed by atoms with Crippen LogP contribution in [0.25, 0.3) is 0 Å². The molecular formula is C18H14F3N3O3. The van der Waals surface area contributed by atoms with Crippen LogP contribution in [0.15, 0.2) is 42.5 Å². The normalized spacial score (nSPS) is 19.2. The molecule has 0 radical (unpaired) electrons. The number of hydrogen-bond donors (Lipinski definition) is 2. The molecule has 0 aliphatic carbocycles. The summed E-state index contributed by atoms with van der Waals surface area (Å²) in [5.41, 5.74) is -2.17. The van der Waals surface area contributed by atoms with E-state index in [1.54, 1.807) is 0 Å². The molecule has 6 nitrogen and oxygen atoms in total. The molecule has 2 N–H and O–H groups in total. The molecule has 1 atom stereocenters. The molecule has 1 aliphatic rings. The second-order valence-electron chi connectivity index (χ2n) is 6.10. The van der Waals surface area contributed by atoms with Crippen LogP contribution < -0.4 is 10.6 Å². The smallest absolute Gasteiger partial charge is 0.322 e. The van der Waals surface area contributed by atoms with E-state index in [0.717, 1.165) is 24.3 Å². The Kier molecular flexibility index (Phi) is 4.61. The zero-order valence-electron chi connectivity index (χ0n) is 14.1. The molecule has 0 unspecified atom stereocenters. The lowest BCUT2D eigenvalue weighted by molar-refractivity contribution is -0.133. The van der Waals surface area contributed by atoms with Gasteiger partial charge in [0.1, 0.15) is 29.5 Å². The third-order valence-corrected chi connectivity index (χ3v) is 4.19. The van der Waals surface area contributed by atoms with Crippen molar-refractivity contribution in [2.24, 2.45) is 0 Å². The van der Waals surface area contributed by atoms with Crippen molar-refractivity contribution in [1.82, 2.24) is 10.2 Å². The van der Waals surface area contributed by atoms with Gasteiger partial charge < -0.3 is 10.6 Å². The molecule has 4 amide bonds. The van der Waals surface area contributed by atoms with Gasteiger partial charge in [0.15, 0.2) is 0 Å². The number of carbonyl (C=O) groups is 3. The van der Waals surface area contributed by atoms with Crippen LogP contribution in [-0.2, 0) is 15.1 Å². The van der Waals surface area contributed by atoms with Gasteiger partial charge >= 0.3 is 6.03 Å². The number of nitrogens with zero attached hydrogens (tertiary/aromatic N) is 1. The summed E-state index contributed by atoms with van der Waals surface area (Å²) in [5.74, 6) is -4.10. The maximum atomic E-state index is 14.1. The van der Waals surface area contributed by atoms with Crippen molar-refractivity contribution < 1.29 is 27.6 Å². The Morgan fingerprint density at radius 3 is 2.52 bits per heavy atom. The standard InChI is InChI=1S/C18H14F3N3O3/c1-18(11-4-2-3-5-12(11)20)16(26)24(17(27)23-18)9-15(25)22-14-8-10(19)6-7-13(14)21/h2-8H,9H2,1H3,(H,22,25)(H,23,27)/t18-/m0/s1. The first kappa shape index (κ1) is 18.4. The second-order valence-corrected chi connectivity index (χ2v) is 6.10. The highest BCUT2D eigenvalue weighted by molar-refractivity contribution is 6.10. The Balaban J connectivity index is 1.79. The van der Waals surface area contributed by atoms with Crippen LogP contribution in [0, 0.1) is 17.5 Å². The number of halogens is 3. The molecule has 1 heterocycles. The predicted molar refractivity (Wildman–Crippen MR) is 89.0 cm³/mol. The largest absolute Gasteiger partial charge is 0.325 e. The van der Waals surface area contributed by atoms with Gasteiger partial charge in [-0.3, -0.25) is 14.5 Å². The van der Waals surface area contributed by atoms with Gasteiger partial charge in [-0.05, 0) is 25.1 Å². The molecule has 1 fully saturated rings. The molecule has 140 valence electrons. The van der Waals surface area contributed by atoms with Gasteiger partial charge in [0, 0.05) is 11.6 Å². The summed E-state index contributed by atoms with van der Waals surface area (Å²) >= 11 is 0. The van der Waals surface area contributed by atoms with E-state index in [1.807, 2.05) is 0 Å². The lowest BCUT2D eigenvalue weighted by Gasteiger charge is -2.22. The minimum atomic E-state index is -1.69. The maximum absolute atomic E-state index is 14.1. The monoisotopic (exact) mass is 377 g/mol. The first-order valence-electron chi connectivity index (χ1n) is 7.86. The van der Waals surface area contributed by atoms with Crippen LogP contribution in [-0.4, -0.2) is 29.3 Å². The van der Waals surface area contributed by atoms with Crippen LogP contribution in [0.2, 0.25) is 0 Å². The third-order valence-electron chi connectivity index (χ3n) is 4.19. The van der Waals surface area contributed by atoms with Crippen LogP contribution in [0.5, 0.6) is 0 Å². The van der Waals surface area contributed by atoms with Crippen molar-refractivity contribution >= 4 is 23.5 Å². The Morgan fingerprint density at radius 2 is 1.81 bits per heavy atom. The molecule has 2 aromatic carbocycles. The second kappa shape index (κ2) is 6.75. The number of hydrogen-bond acceptors (Lipinski definition) is 3. The van der Waals surface area contributed by atoms with Gasteiger partial charge in [0.2, 0.25) is 5.91 Å². The number of nitrogens with one attached hydrogen (secondary N) is 2. The molecule has 0 aromatic heterocycles. The SMILES string of the molecule is C[C@@]1(c2ccccc2F)NC(=O)N(CC(=O)Nc2cc(F)ccc2F)C1=O. The number of benzene rings is 2. The zero-order valence-corrected chi connectivity index (χ0v) is 14.1. The van der Waals surface area contributed by atoms with Crippen LogP contribution in [0.1, 0.15) is 12.5 Å². The number of urea groups is 1. The molecule has 1 saturated heterocycles. The van der Waals surface area contributed by atoms with Crippen molar-refractivity contribution in [2.45, 2.75) is 12.5 Å². The molecule has 2 aromatic rings. The lowest BCUT2D eigenvalue weighted by Crippen LogP contribution is -2.42. The number of imide groups is 1. The molecule has 9 heteroatoms.